The lowest BCUT2D eigenvalue weighted by molar-refractivity contribution is 0.237. The summed E-state index contributed by atoms with van der Waals surface area (Å²) in [5.74, 6) is -2.16. The molecular weight excluding hydrogens is 587 g/mol. The summed E-state index contributed by atoms with van der Waals surface area (Å²) in [4.78, 5) is 60.9. The summed E-state index contributed by atoms with van der Waals surface area (Å²) in [5, 5.41) is 2.85. The summed E-state index contributed by atoms with van der Waals surface area (Å²) in [6.07, 6.45) is 13.1. The topological polar surface area (TPSA) is 181 Å². The number of hydrogen-bond acceptors (Lipinski definition) is 9. The summed E-state index contributed by atoms with van der Waals surface area (Å²) in [6.45, 7) is 0. The smallest absolute Gasteiger partial charge is 0.357 e. The highest BCUT2D eigenvalue weighted by atomic mass is 35.5. The molecule has 17 heteroatoms. The Hall–Kier alpha value is -3.68. The number of carbonyl (C=O) groups is 1. The van der Waals surface area contributed by atoms with E-state index in [1.807, 2.05) is 0 Å². The molecule has 2 aromatic rings. The molecule has 13 nitrogen and oxygen atoms in total. The Morgan fingerprint density at radius 2 is 1.78 bits per heavy atom. The molecule has 41 heavy (non-hydrogen) atoms. The molecule has 0 saturated heterocycles. The first-order chi connectivity index (χ1) is 19.5. The van der Waals surface area contributed by atoms with E-state index < -0.39 is 34.9 Å². The van der Waals surface area contributed by atoms with Gasteiger partial charge >= 0.3 is 17.4 Å². The van der Waals surface area contributed by atoms with E-state index >= 15 is 0 Å². The molecule has 2 aliphatic rings. The number of nitrogens with zero attached hydrogens (tertiary/aromatic N) is 6. The highest BCUT2D eigenvalue weighted by Gasteiger charge is 2.19. The number of carbonyl (C=O) groups excluding carboxylic acids is 2. The van der Waals surface area contributed by atoms with Crippen LogP contribution in [0, 0.1) is 11.6 Å². The Bertz CT molecular complexity index is 1290. The Labute approximate surface area is 244 Å². The van der Waals surface area contributed by atoms with Crippen LogP contribution in [0.15, 0.2) is 32.0 Å². The van der Waals surface area contributed by atoms with Crippen molar-refractivity contribution in [1.82, 2.24) is 29.7 Å². The van der Waals surface area contributed by atoms with Crippen LogP contribution in [-0.4, -0.2) is 74.4 Å². The maximum atomic E-state index is 13.1. The number of aromatic nitrogens is 4. The third-order valence-corrected chi connectivity index (χ3v) is 5.54. The molecule has 0 radical (unpaired) electrons. The molecule has 2 fully saturated rings. The number of isocyanates is 1. The molecule has 4 N–H and O–H groups in total. The molecular formula is C24H33Cl2F2N9O4. The predicted octanol–water partition coefficient (Wildman–Crippen LogP) is 3.28. The van der Waals surface area contributed by atoms with Gasteiger partial charge in [0.25, 0.3) is 0 Å². The van der Waals surface area contributed by atoms with E-state index in [4.69, 9.17) is 28.9 Å². The average Bonchev–Trinajstić information content (AvgIpc) is 3.63. The number of H-pyrrole nitrogens is 1. The second kappa shape index (κ2) is 19.4. The first-order valence-corrected chi connectivity index (χ1v) is 13.6. The van der Waals surface area contributed by atoms with Gasteiger partial charge in [0.15, 0.2) is 23.3 Å². The number of aliphatic imine (C=N–C) groups is 2. The van der Waals surface area contributed by atoms with E-state index in [0.29, 0.717) is 10.6 Å². The lowest BCUT2D eigenvalue weighted by Gasteiger charge is -2.12. The summed E-state index contributed by atoms with van der Waals surface area (Å²) >= 11 is 9.53. The van der Waals surface area contributed by atoms with Crippen LogP contribution in [0.2, 0.25) is 0 Å². The molecule has 1 amide bonds. The largest absolute Gasteiger partial charge is 0.381 e. The van der Waals surface area contributed by atoms with Crippen LogP contribution in [0.1, 0.15) is 51.4 Å². The Morgan fingerprint density at radius 1 is 1.20 bits per heavy atom. The van der Waals surface area contributed by atoms with E-state index in [1.165, 1.54) is 19.2 Å². The number of amides is 1. The minimum Gasteiger partial charge on any atom is -0.381 e. The van der Waals surface area contributed by atoms with E-state index in [-0.39, 0.29) is 17.2 Å². The number of hydrogen-bond donors (Lipinski definition) is 3. The number of halogens is 4. The fraction of sp³-hybridized carbons (Fsp3) is 0.542. The average molecular weight is 620 g/mol. The number of nitrogen functional groups attached to an aromatic ring is 1. The second-order valence-corrected chi connectivity index (χ2v) is 9.72. The number of nitrogens with two attached hydrogens (primary N) is 1. The van der Waals surface area contributed by atoms with Crippen LogP contribution >= 0.6 is 23.2 Å². The molecule has 2 aliphatic carbocycles. The zero-order valence-corrected chi connectivity index (χ0v) is 24.2. The van der Waals surface area contributed by atoms with Crippen molar-refractivity contribution in [2.75, 3.05) is 25.2 Å². The van der Waals surface area contributed by atoms with E-state index in [9.17, 15) is 28.0 Å². The van der Waals surface area contributed by atoms with Crippen molar-refractivity contribution in [3.05, 3.63) is 45.0 Å². The van der Waals surface area contributed by atoms with Crippen molar-refractivity contribution in [3.63, 3.8) is 0 Å². The zero-order valence-electron chi connectivity index (χ0n) is 22.7. The Kier molecular flexibility index (Phi) is 16.7. The van der Waals surface area contributed by atoms with E-state index in [1.54, 1.807) is 25.1 Å². The van der Waals surface area contributed by atoms with Gasteiger partial charge < -0.3 is 16.0 Å². The Balaban J connectivity index is 0.000000309. The molecule has 0 aromatic carbocycles. The van der Waals surface area contributed by atoms with Gasteiger partial charge in [-0.2, -0.15) is 9.97 Å². The van der Waals surface area contributed by atoms with Crippen molar-refractivity contribution in [2.24, 2.45) is 9.98 Å². The highest BCUT2D eigenvalue weighted by molar-refractivity contribution is 6.40. The van der Waals surface area contributed by atoms with Gasteiger partial charge in [-0.1, -0.05) is 25.7 Å². The van der Waals surface area contributed by atoms with Crippen molar-refractivity contribution < 1.29 is 18.4 Å². The number of rotatable bonds is 4. The molecule has 2 saturated carbocycles. The zero-order chi connectivity index (χ0) is 30.8. The number of aromatic amines is 1. The summed E-state index contributed by atoms with van der Waals surface area (Å²) in [5.41, 5.74) is 3.63. The SMILES string of the molecule is CN(C)C=Nc1[nH]c(=O)ncc1F.ClCCl.Nc1nc(=O)n(C(=O)NC2CCCC2)cc1F.O=C=NC1CCCC1. The summed E-state index contributed by atoms with van der Waals surface area (Å²) in [7, 11) is 3.47. The molecule has 4 rings (SSSR count). The van der Waals surface area contributed by atoms with Crippen LogP contribution < -0.4 is 22.4 Å². The van der Waals surface area contributed by atoms with Gasteiger partial charge in [0, 0.05) is 20.1 Å². The third kappa shape index (κ3) is 14.0. The monoisotopic (exact) mass is 619 g/mol. The summed E-state index contributed by atoms with van der Waals surface area (Å²) < 4.78 is 26.6. The molecule has 2 aromatic heterocycles. The molecule has 2 heterocycles. The molecule has 0 atom stereocenters. The number of anilines is 1. The van der Waals surface area contributed by atoms with Crippen LogP contribution in [0.4, 0.5) is 25.2 Å². The minimum absolute atomic E-state index is 0.0509. The van der Waals surface area contributed by atoms with Gasteiger partial charge in [-0.05, 0) is 25.7 Å². The normalized spacial score (nSPS) is 14.5. The number of alkyl halides is 2. The van der Waals surface area contributed by atoms with Gasteiger partial charge in [-0.25, -0.2) is 42.5 Å². The fourth-order valence-electron chi connectivity index (χ4n) is 3.65. The number of nitrogens with one attached hydrogen (secondary N) is 2. The van der Waals surface area contributed by atoms with Gasteiger partial charge in [-0.15, -0.1) is 23.2 Å². The molecule has 0 spiro atoms. The fourth-order valence-corrected chi connectivity index (χ4v) is 3.65. The van der Waals surface area contributed by atoms with Crippen molar-refractivity contribution in [1.29, 1.82) is 0 Å². The predicted molar refractivity (Wildman–Crippen MR) is 153 cm³/mol. The highest BCUT2D eigenvalue weighted by Crippen LogP contribution is 2.20. The first kappa shape index (κ1) is 35.3. The van der Waals surface area contributed by atoms with Crippen LogP contribution in [0.5, 0.6) is 0 Å². The molecule has 0 bridgehead atoms. The minimum atomic E-state index is -0.883. The maximum absolute atomic E-state index is 13.1. The van der Waals surface area contributed by atoms with Gasteiger partial charge in [0.1, 0.15) is 0 Å². The van der Waals surface area contributed by atoms with Crippen LogP contribution in [0.25, 0.3) is 0 Å². The van der Waals surface area contributed by atoms with Crippen LogP contribution in [-0.2, 0) is 4.79 Å². The van der Waals surface area contributed by atoms with Gasteiger partial charge in [0.2, 0.25) is 6.08 Å². The summed E-state index contributed by atoms with van der Waals surface area (Å²) in [6, 6.07) is -0.296. The van der Waals surface area contributed by atoms with Crippen LogP contribution in [0.3, 0.4) is 0 Å². The second-order valence-electron chi connectivity index (χ2n) is 8.91. The van der Waals surface area contributed by atoms with Gasteiger partial charge in [0.05, 0.1) is 30.1 Å². The Morgan fingerprint density at radius 3 is 2.34 bits per heavy atom. The van der Waals surface area contributed by atoms with Crippen molar-refractivity contribution in [3.8, 4) is 0 Å². The standard InChI is InChI=1S/C10H13FN4O2.C7H9FN4O.C6H9NO.CH2Cl2/c11-7-5-15(10(17)14-8(7)12)9(16)13-6-3-1-2-4-6;1-12(2)4-10-6-5(8)3-9-7(13)11-6;8-5-7-6-3-1-2-4-6;2-1-3/h5-6H,1-4H2,(H,13,16)(H2,12,14,17);3-4H,1-2H3,(H,9,11,13);6H,1-4H2;1H2. The maximum Gasteiger partial charge on any atom is 0.357 e. The van der Waals surface area contributed by atoms with Crippen molar-refractivity contribution >= 4 is 53.3 Å². The molecule has 0 aliphatic heterocycles. The lowest BCUT2D eigenvalue weighted by atomic mass is 10.2. The van der Waals surface area contributed by atoms with Gasteiger partial charge in [-0.3, -0.25) is 4.98 Å². The first-order valence-electron chi connectivity index (χ1n) is 12.5. The quantitative estimate of drug-likeness (QED) is 0.202. The molecule has 226 valence electrons. The van der Waals surface area contributed by atoms with Crippen molar-refractivity contribution in [2.45, 2.75) is 63.5 Å². The molecule has 0 unspecified atom stereocenters. The lowest BCUT2D eigenvalue weighted by Crippen LogP contribution is -2.41. The van der Waals surface area contributed by atoms with E-state index in [0.717, 1.165) is 50.9 Å². The third-order valence-electron chi connectivity index (χ3n) is 5.54. The van der Waals surface area contributed by atoms with E-state index in [2.05, 4.69) is 30.3 Å².